The molecule has 3 aromatic rings. The molecule has 0 unspecified atom stereocenters. The molecular formula is C18H18N2O5S. The maximum Gasteiger partial charge on any atom is 0.337 e. The van der Waals surface area contributed by atoms with Gasteiger partial charge in [0.25, 0.3) is 5.16 Å². The minimum Gasteiger partial charge on any atom is -0.472 e. The summed E-state index contributed by atoms with van der Waals surface area (Å²) < 4.78 is 34.6. The van der Waals surface area contributed by atoms with Crippen LogP contribution in [0.25, 0.3) is 11.1 Å². The number of aromatic nitrogens is 2. The molecule has 136 valence electrons. The molecule has 1 aromatic carbocycles. The zero-order chi connectivity index (χ0) is 18.9. The van der Waals surface area contributed by atoms with Crippen LogP contribution in [-0.4, -0.2) is 24.6 Å². The third-order valence-corrected chi connectivity index (χ3v) is 4.69. The molecule has 0 spiro atoms. The molecule has 0 bridgehead atoms. The van der Waals surface area contributed by atoms with Gasteiger partial charge in [0.15, 0.2) is 0 Å². The van der Waals surface area contributed by atoms with Crippen LogP contribution in [0.3, 0.4) is 0 Å². The summed E-state index contributed by atoms with van der Waals surface area (Å²) in [5.41, 5.74) is 1.96. The van der Waals surface area contributed by atoms with Crippen LogP contribution < -0.4 is 10.4 Å². The summed E-state index contributed by atoms with van der Waals surface area (Å²) in [6, 6.07) is 9.07. The van der Waals surface area contributed by atoms with Gasteiger partial charge in [-0.3, -0.25) is 0 Å². The topological polar surface area (TPSA) is 99.4 Å². The highest BCUT2D eigenvalue weighted by Gasteiger charge is 2.20. The van der Waals surface area contributed by atoms with Crippen molar-refractivity contribution >= 4 is 20.9 Å². The second kappa shape index (κ2) is 6.87. The molecular weight excluding hydrogens is 356 g/mol. The number of rotatable bonds is 5. The maximum absolute atomic E-state index is 11.9. The van der Waals surface area contributed by atoms with E-state index < -0.39 is 20.6 Å². The van der Waals surface area contributed by atoms with E-state index in [9.17, 15) is 13.2 Å². The summed E-state index contributed by atoms with van der Waals surface area (Å²) in [7, 11) is -3.70. The van der Waals surface area contributed by atoms with E-state index in [0.29, 0.717) is 17.4 Å². The number of ether oxygens (including phenoxy) is 1. The second-order valence-electron chi connectivity index (χ2n) is 5.98. The first-order valence-corrected chi connectivity index (χ1v) is 9.90. The van der Waals surface area contributed by atoms with Crippen LogP contribution in [0.2, 0.25) is 0 Å². The van der Waals surface area contributed by atoms with Gasteiger partial charge in [-0.15, -0.1) is 0 Å². The Balaban J connectivity index is 2.14. The van der Waals surface area contributed by atoms with Crippen LogP contribution in [0.1, 0.15) is 23.6 Å². The van der Waals surface area contributed by atoms with Gasteiger partial charge in [-0.25, -0.2) is 13.2 Å². The molecule has 0 aliphatic heterocycles. The van der Waals surface area contributed by atoms with E-state index in [1.165, 1.54) is 6.07 Å². The van der Waals surface area contributed by atoms with E-state index in [4.69, 9.17) is 9.15 Å². The van der Waals surface area contributed by atoms with E-state index in [-0.39, 0.29) is 18.2 Å². The number of fused-ring (bicyclic) bond motifs is 1. The Morgan fingerprint density at radius 1 is 1.15 bits per heavy atom. The largest absolute Gasteiger partial charge is 0.472 e. The second-order valence-corrected chi connectivity index (χ2v) is 7.89. The monoisotopic (exact) mass is 374 g/mol. The first-order chi connectivity index (χ1) is 12.3. The van der Waals surface area contributed by atoms with E-state index in [2.05, 4.69) is 9.97 Å². The van der Waals surface area contributed by atoms with Crippen LogP contribution in [0.4, 0.5) is 0 Å². The van der Waals surface area contributed by atoms with E-state index >= 15 is 0 Å². The van der Waals surface area contributed by atoms with Crippen molar-refractivity contribution in [2.45, 2.75) is 32.0 Å². The fourth-order valence-corrected chi connectivity index (χ4v) is 2.97. The lowest BCUT2D eigenvalue weighted by Crippen LogP contribution is -2.10. The summed E-state index contributed by atoms with van der Waals surface area (Å²) in [6.45, 7) is 4.04. The van der Waals surface area contributed by atoms with Gasteiger partial charge in [0.2, 0.25) is 21.4 Å². The lowest BCUT2D eigenvalue weighted by Gasteiger charge is -2.11. The van der Waals surface area contributed by atoms with E-state index in [1.54, 1.807) is 0 Å². The molecule has 0 N–H and O–H groups in total. The van der Waals surface area contributed by atoms with Crippen molar-refractivity contribution in [3.63, 3.8) is 0 Å². The molecule has 2 aromatic heterocycles. The fraction of sp³-hybridized carbons (Fsp3) is 0.278. The van der Waals surface area contributed by atoms with Crippen molar-refractivity contribution in [1.29, 1.82) is 0 Å². The third-order valence-electron chi connectivity index (χ3n) is 3.84. The lowest BCUT2D eigenvalue weighted by molar-refractivity contribution is 0.293. The number of hydrogen-bond donors (Lipinski definition) is 0. The van der Waals surface area contributed by atoms with Gasteiger partial charge < -0.3 is 9.15 Å². The van der Waals surface area contributed by atoms with Crippen LogP contribution in [-0.2, 0) is 22.9 Å². The van der Waals surface area contributed by atoms with Crippen LogP contribution in [0.15, 0.2) is 44.7 Å². The van der Waals surface area contributed by atoms with Crippen molar-refractivity contribution < 1.29 is 17.6 Å². The van der Waals surface area contributed by atoms with Gasteiger partial charge in [-0.1, -0.05) is 36.8 Å². The van der Waals surface area contributed by atoms with Crippen LogP contribution in [0, 0.1) is 6.92 Å². The molecule has 0 amide bonds. The molecule has 0 saturated carbocycles. The van der Waals surface area contributed by atoms with Crippen molar-refractivity contribution in [2.24, 2.45) is 0 Å². The minimum absolute atomic E-state index is 0.0802. The zero-order valence-electron chi connectivity index (χ0n) is 14.6. The van der Waals surface area contributed by atoms with Gasteiger partial charge in [0.05, 0.1) is 0 Å². The van der Waals surface area contributed by atoms with Gasteiger partial charge in [-0.05, 0) is 24.5 Å². The molecule has 3 rings (SSSR count). The molecule has 0 atom stereocenters. The SMILES string of the molecule is CCc1cc(=O)oc2nc(S(C)(=O)=O)nc(OCc3ccc(C)cc3)c12. The first kappa shape index (κ1) is 18.1. The number of benzene rings is 1. The highest BCUT2D eigenvalue weighted by Crippen LogP contribution is 2.27. The van der Waals surface area contributed by atoms with E-state index in [1.807, 2.05) is 38.1 Å². The summed E-state index contributed by atoms with van der Waals surface area (Å²) in [5.74, 6) is 0.0802. The van der Waals surface area contributed by atoms with Gasteiger partial charge >= 0.3 is 5.63 Å². The quantitative estimate of drug-likeness (QED) is 0.632. The molecule has 0 saturated heterocycles. The summed E-state index contributed by atoms with van der Waals surface area (Å²) in [6.07, 6.45) is 1.50. The number of sulfone groups is 1. The average Bonchev–Trinajstić information content (AvgIpc) is 2.58. The molecule has 0 aliphatic rings. The Labute approximate surface area is 150 Å². The normalized spacial score (nSPS) is 11.7. The molecule has 0 aliphatic carbocycles. The maximum atomic E-state index is 11.9. The van der Waals surface area contributed by atoms with Gasteiger partial charge in [0, 0.05) is 12.3 Å². The molecule has 7 nitrogen and oxygen atoms in total. The molecule has 26 heavy (non-hydrogen) atoms. The predicted octanol–water partition coefficient (Wildman–Crippen LogP) is 2.44. The molecule has 0 fully saturated rings. The molecule has 8 heteroatoms. The third kappa shape index (κ3) is 3.75. The lowest BCUT2D eigenvalue weighted by atomic mass is 10.1. The fourth-order valence-electron chi connectivity index (χ4n) is 2.47. The average molecular weight is 374 g/mol. The molecule has 0 radical (unpaired) electrons. The Morgan fingerprint density at radius 3 is 2.46 bits per heavy atom. The number of nitrogens with zero attached hydrogens (tertiary/aromatic N) is 2. The summed E-state index contributed by atoms with van der Waals surface area (Å²) >= 11 is 0. The summed E-state index contributed by atoms with van der Waals surface area (Å²) in [5, 5.41) is -0.0353. The van der Waals surface area contributed by atoms with Crippen molar-refractivity contribution in [1.82, 2.24) is 9.97 Å². The Hall–Kier alpha value is -2.74. The van der Waals surface area contributed by atoms with Crippen LogP contribution >= 0.6 is 0 Å². The predicted molar refractivity (Wildman–Crippen MR) is 96.1 cm³/mol. The van der Waals surface area contributed by atoms with Gasteiger partial charge in [-0.2, -0.15) is 9.97 Å². The van der Waals surface area contributed by atoms with Gasteiger partial charge in [0.1, 0.15) is 12.0 Å². The Morgan fingerprint density at radius 2 is 1.85 bits per heavy atom. The number of hydrogen-bond acceptors (Lipinski definition) is 7. The smallest absolute Gasteiger partial charge is 0.337 e. The van der Waals surface area contributed by atoms with Crippen molar-refractivity contribution in [3.05, 3.63) is 57.4 Å². The Kier molecular flexibility index (Phi) is 4.78. The Bertz CT molecular complexity index is 1120. The highest BCUT2D eigenvalue weighted by atomic mass is 32.2. The summed E-state index contributed by atoms with van der Waals surface area (Å²) in [4.78, 5) is 19.7. The van der Waals surface area contributed by atoms with Crippen molar-refractivity contribution in [2.75, 3.05) is 6.26 Å². The first-order valence-electron chi connectivity index (χ1n) is 8.01. The molecule has 2 heterocycles. The zero-order valence-corrected chi connectivity index (χ0v) is 15.5. The minimum atomic E-state index is -3.70. The number of aryl methyl sites for hydroxylation is 2. The van der Waals surface area contributed by atoms with Crippen molar-refractivity contribution in [3.8, 4) is 5.88 Å². The highest BCUT2D eigenvalue weighted by molar-refractivity contribution is 7.90. The van der Waals surface area contributed by atoms with E-state index in [0.717, 1.165) is 17.4 Å². The van der Waals surface area contributed by atoms with Crippen LogP contribution in [0.5, 0.6) is 5.88 Å². The standard InChI is InChI=1S/C18H18N2O5S/c1-4-13-9-14(21)25-17-15(13)16(19-18(20-17)26(3,22)23)24-10-12-7-5-11(2)6-8-12/h5-9H,4,10H2,1-3H3.